The lowest BCUT2D eigenvalue weighted by molar-refractivity contribution is -0.118. The molecule has 4 aromatic rings. The van der Waals surface area contributed by atoms with E-state index in [0.717, 1.165) is 34.2 Å². The number of hydrogen-bond acceptors (Lipinski definition) is 5. The summed E-state index contributed by atoms with van der Waals surface area (Å²) in [6.45, 7) is 4.68. The maximum atomic E-state index is 13.5. The van der Waals surface area contributed by atoms with Gasteiger partial charge in [0.1, 0.15) is 0 Å². The number of amides is 1. The Morgan fingerprint density at radius 3 is 2.55 bits per heavy atom. The normalized spacial score (nSPS) is 15.9. The predicted octanol–water partition coefficient (Wildman–Crippen LogP) is 4.85. The molecule has 0 N–H and O–H groups in total. The fraction of sp³-hybridized carbons (Fsp3) is 0.231. The van der Waals surface area contributed by atoms with E-state index >= 15 is 0 Å². The van der Waals surface area contributed by atoms with Crippen LogP contribution >= 0.6 is 11.8 Å². The maximum Gasteiger partial charge on any atom is 0.240 e. The molecule has 0 spiro atoms. The second-order valence-corrected chi connectivity index (χ2v) is 9.57. The van der Waals surface area contributed by atoms with Gasteiger partial charge in [-0.1, -0.05) is 60.3 Å². The van der Waals surface area contributed by atoms with E-state index in [1.807, 2.05) is 60.4 Å². The zero-order valence-corrected chi connectivity index (χ0v) is 19.4. The van der Waals surface area contributed by atoms with Gasteiger partial charge in [0.05, 0.1) is 11.8 Å². The number of thioether (sulfide) groups is 1. The number of aromatic nitrogens is 4. The number of para-hydroxylation sites is 1. The Kier molecular flexibility index (Phi) is 5.96. The molecule has 166 valence electrons. The summed E-state index contributed by atoms with van der Waals surface area (Å²) in [7, 11) is 0. The average Bonchev–Trinajstić information content (AvgIpc) is 3.39. The Morgan fingerprint density at radius 1 is 1.03 bits per heavy atom. The van der Waals surface area contributed by atoms with E-state index < -0.39 is 0 Å². The average molecular weight is 456 g/mol. The summed E-state index contributed by atoms with van der Waals surface area (Å²) < 4.78 is 2.08. The van der Waals surface area contributed by atoms with Gasteiger partial charge < -0.3 is 4.90 Å². The van der Waals surface area contributed by atoms with E-state index in [0.29, 0.717) is 6.54 Å². The van der Waals surface area contributed by atoms with Crippen LogP contribution in [-0.2, 0) is 17.8 Å². The number of anilines is 1. The van der Waals surface area contributed by atoms with Crippen LogP contribution in [0.15, 0.2) is 84.3 Å². The van der Waals surface area contributed by atoms with Crippen molar-refractivity contribution in [1.82, 2.24) is 19.7 Å². The summed E-state index contributed by atoms with van der Waals surface area (Å²) in [5.41, 5.74) is 4.34. The van der Waals surface area contributed by atoms with Gasteiger partial charge in [-0.3, -0.25) is 14.3 Å². The van der Waals surface area contributed by atoms with E-state index in [4.69, 9.17) is 0 Å². The molecule has 0 aliphatic carbocycles. The molecule has 2 aromatic heterocycles. The molecule has 1 amide bonds. The van der Waals surface area contributed by atoms with E-state index in [2.05, 4.69) is 44.9 Å². The minimum atomic E-state index is -0.303. The van der Waals surface area contributed by atoms with Crippen LogP contribution in [-0.4, -0.2) is 36.9 Å². The number of carbonyl (C=O) groups is 1. The molecule has 33 heavy (non-hydrogen) atoms. The van der Waals surface area contributed by atoms with Gasteiger partial charge in [-0.05, 0) is 49.6 Å². The van der Waals surface area contributed by atoms with Crippen molar-refractivity contribution in [3.05, 3.63) is 90.3 Å². The van der Waals surface area contributed by atoms with Crippen LogP contribution < -0.4 is 4.90 Å². The minimum absolute atomic E-state index is 0.0946. The van der Waals surface area contributed by atoms with Crippen LogP contribution in [0.25, 0.3) is 11.4 Å². The number of pyridine rings is 1. The molecule has 2 aromatic carbocycles. The van der Waals surface area contributed by atoms with E-state index in [1.54, 1.807) is 12.4 Å². The van der Waals surface area contributed by atoms with Crippen LogP contribution in [0.5, 0.6) is 0 Å². The molecule has 2 atom stereocenters. The lowest BCUT2D eigenvalue weighted by Crippen LogP contribution is -2.40. The van der Waals surface area contributed by atoms with Crippen molar-refractivity contribution in [2.45, 2.75) is 43.3 Å². The number of benzene rings is 2. The third-order valence-corrected chi connectivity index (χ3v) is 6.98. The van der Waals surface area contributed by atoms with Gasteiger partial charge >= 0.3 is 0 Å². The van der Waals surface area contributed by atoms with Crippen molar-refractivity contribution in [2.75, 3.05) is 4.90 Å². The zero-order valence-electron chi connectivity index (χ0n) is 18.6. The van der Waals surface area contributed by atoms with Gasteiger partial charge in [0.2, 0.25) is 5.91 Å². The monoisotopic (exact) mass is 455 g/mol. The Morgan fingerprint density at radius 2 is 1.76 bits per heavy atom. The van der Waals surface area contributed by atoms with Gasteiger partial charge in [-0.25, -0.2) is 0 Å². The number of hydrogen-bond donors (Lipinski definition) is 0. The quantitative estimate of drug-likeness (QED) is 0.389. The summed E-state index contributed by atoms with van der Waals surface area (Å²) in [6.07, 6.45) is 4.39. The molecule has 6 nitrogen and oxygen atoms in total. The Balaban J connectivity index is 1.44. The molecule has 0 fully saturated rings. The van der Waals surface area contributed by atoms with Crippen LogP contribution in [0.2, 0.25) is 0 Å². The van der Waals surface area contributed by atoms with Crippen molar-refractivity contribution >= 4 is 23.4 Å². The summed E-state index contributed by atoms with van der Waals surface area (Å²) in [6, 6.07) is 22.4. The number of carbonyl (C=O) groups excluding carboxylic acids is 1. The molecule has 1 aliphatic rings. The topological polar surface area (TPSA) is 63.9 Å². The summed E-state index contributed by atoms with van der Waals surface area (Å²) in [4.78, 5) is 19.6. The molecule has 7 heteroatoms. The number of nitrogens with zero attached hydrogens (tertiary/aromatic N) is 5. The molecule has 5 rings (SSSR count). The first-order valence-corrected chi connectivity index (χ1v) is 11.9. The highest BCUT2D eigenvalue weighted by Gasteiger charge is 2.34. The molecule has 0 bridgehead atoms. The molecular weight excluding hydrogens is 430 g/mol. The highest BCUT2D eigenvalue weighted by Crippen LogP contribution is 2.35. The van der Waals surface area contributed by atoms with Gasteiger partial charge in [0.15, 0.2) is 11.0 Å². The third-order valence-electron chi connectivity index (χ3n) is 5.91. The summed E-state index contributed by atoms with van der Waals surface area (Å²) in [5.74, 6) is 0.862. The Labute approximate surface area is 197 Å². The Bertz CT molecular complexity index is 1260. The first-order chi connectivity index (χ1) is 16.1. The smallest absolute Gasteiger partial charge is 0.240 e. The lowest BCUT2D eigenvalue weighted by atomic mass is 10.1. The van der Waals surface area contributed by atoms with E-state index in [9.17, 15) is 4.79 Å². The highest BCUT2D eigenvalue weighted by atomic mass is 32.2. The fourth-order valence-corrected chi connectivity index (χ4v) is 5.20. The first kappa shape index (κ1) is 21.4. The number of fused-ring (bicyclic) bond motifs is 1. The van der Waals surface area contributed by atoms with Gasteiger partial charge in [-0.15, -0.1) is 10.2 Å². The van der Waals surface area contributed by atoms with Crippen molar-refractivity contribution < 1.29 is 4.79 Å². The highest BCUT2D eigenvalue weighted by molar-refractivity contribution is 8.00. The minimum Gasteiger partial charge on any atom is -0.308 e. The van der Waals surface area contributed by atoms with E-state index in [1.165, 1.54) is 17.3 Å². The van der Waals surface area contributed by atoms with Crippen molar-refractivity contribution in [1.29, 1.82) is 0 Å². The molecular formula is C26H25N5OS. The van der Waals surface area contributed by atoms with Crippen LogP contribution in [0.1, 0.15) is 25.0 Å². The predicted molar refractivity (Wildman–Crippen MR) is 131 cm³/mol. The second-order valence-electron chi connectivity index (χ2n) is 8.26. The molecule has 0 saturated carbocycles. The maximum absolute atomic E-state index is 13.5. The Hall–Kier alpha value is -3.45. The molecule has 0 radical (unpaired) electrons. The van der Waals surface area contributed by atoms with Gasteiger partial charge in [0, 0.05) is 29.7 Å². The second kappa shape index (κ2) is 9.19. The third kappa shape index (κ3) is 4.28. The molecule has 3 heterocycles. The van der Waals surface area contributed by atoms with Crippen molar-refractivity contribution in [3.63, 3.8) is 0 Å². The van der Waals surface area contributed by atoms with Crippen LogP contribution in [0.4, 0.5) is 5.69 Å². The van der Waals surface area contributed by atoms with Gasteiger partial charge in [0.25, 0.3) is 0 Å². The molecule has 1 aliphatic heterocycles. The van der Waals surface area contributed by atoms with E-state index in [-0.39, 0.29) is 17.2 Å². The van der Waals surface area contributed by atoms with Crippen molar-refractivity contribution in [3.8, 4) is 11.4 Å². The fourth-order valence-electron chi connectivity index (χ4n) is 4.30. The standard InChI is InChI=1S/C26H25N5OS/c1-18-16-22-10-6-7-11-23(22)31(18)25(32)19(2)33-26-29-28-24(21-12-14-27-15-13-21)30(26)17-20-8-4-3-5-9-20/h3-15,18-19H,16-17H2,1-2H3/t18-,19+/m0/s1. The van der Waals surface area contributed by atoms with Crippen molar-refractivity contribution in [2.24, 2.45) is 0 Å². The van der Waals surface area contributed by atoms with Crippen LogP contribution in [0.3, 0.4) is 0 Å². The zero-order chi connectivity index (χ0) is 22.8. The summed E-state index contributed by atoms with van der Waals surface area (Å²) in [5, 5.41) is 9.39. The largest absolute Gasteiger partial charge is 0.308 e. The lowest BCUT2D eigenvalue weighted by Gasteiger charge is -2.25. The summed E-state index contributed by atoms with van der Waals surface area (Å²) >= 11 is 1.46. The van der Waals surface area contributed by atoms with Crippen LogP contribution in [0, 0.1) is 0 Å². The molecule has 0 saturated heterocycles. The molecule has 0 unspecified atom stereocenters. The SMILES string of the molecule is C[C@@H](Sc1nnc(-c2ccncc2)n1Cc1ccccc1)C(=O)N1c2ccccc2C[C@@H]1C. The van der Waals surface area contributed by atoms with Gasteiger partial charge in [-0.2, -0.15) is 0 Å². The first-order valence-electron chi connectivity index (χ1n) is 11.1. The number of rotatable bonds is 6.